The molecule has 0 unspecified atom stereocenters. The molecule has 0 aliphatic heterocycles. The van der Waals surface area contributed by atoms with Crippen LogP contribution < -0.4 is 15.8 Å². The Morgan fingerprint density at radius 1 is 0.955 bits per heavy atom. The number of hydrogen-bond acceptors (Lipinski definition) is 5. The van der Waals surface area contributed by atoms with Crippen LogP contribution in [0.5, 0.6) is 11.5 Å². The number of aromatic nitrogens is 2. The number of ether oxygens (including phenoxy) is 1. The molecule has 3 aromatic rings. The SMILES string of the molecule is Cc1cc(Nc2ccccc2Oc2ccccc2)nc(N)n1. The first kappa shape index (κ1) is 13.9. The summed E-state index contributed by atoms with van der Waals surface area (Å²) >= 11 is 0. The van der Waals surface area contributed by atoms with Gasteiger partial charge in [-0.3, -0.25) is 0 Å². The first-order chi connectivity index (χ1) is 10.7. The highest BCUT2D eigenvalue weighted by molar-refractivity contribution is 5.65. The Labute approximate surface area is 128 Å². The summed E-state index contributed by atoms with van der Waals surface area (Å²) in [5, 5.41) is 3.22. The fraction of sp³-hybridized carbons (Fsp3) is 0.0588. The van der Waals surface area contributed by atoms with Gasteiger partial charge >= 0.3 is 0 Å². The van der Waals surface area contributed by atoms with Crippen LogP contribution in [0.1, 0.15) is 5.69 Å². The zero-order valence-electron chi connectivity index (χ0n) is 12.2. The molecular formula is C17H16N4O. The number of benzene rings is 2. The highest BCUT2D eigenvalue weighted by Crippen LogP contribution is 2.31. The van der Waals surface area contributed by atoms with Crippen LogP contribution in [0.4, 0.5) is 17.5 Å². The van der Waals surface area contributed by atoms with Crippen molar-refractivity contribution in [2.24, 2.45) is 0 Å². The standard InChI is InChI=1S/C17H16N4O/c1-12-11-16(21-17(18)19-12)20-14-9-5-6-10-15(14)22-13-7-3-2-4-8-13/h2-11H,1H3,(H3,18,19,20,21). The molecule has 2 aromatic carbocycles. The van der Waals surface area contributed by atoms with Crippen molar-refractivity contribution in [2.45, 2.75) is 6.92 Å². The third-order valence-electron chi connectivity index (χ3n) is 2.99. The maximum atomic E-state index is 5.91. The third kappa shape index (κ3) is 3.32. The summed E-state index contributed by atoms with van der Waals surface area (Å²) in [6.07, 6.45) is 0. The van der Waals surface area contributed by atoms with E-state index >= 15 is 0 Å². The summed E-state index contributed by atoms with van der Waals surface area (Å²) in [4.78, 5) is 8.24. The Morgan fingerprint density at radius 3 is 2.45 bits per heavy atom. The monoisotopic (exact) mass is 292 g/mol. The minimum atomic E-state index is 0.240. The maximum absolute atomic E-state index is 5.91. The van der Waals surface area contributed by atoms with Gasteiger partial charge in [-0.1, -0.05) is 30.3 Å². The minimum Gasteiger partial charge on any atom is -0.455 e. The first-order valence-electron chi connectivity index (χ1n) is 6.91. The summed E-state index contributed by atoms with van der Waals surface area (Å²) in [6.45, 7) is 1.87. The number of nitrogens with one attached hydrogen (secondary N) is 1. The van der Waals surface area contributed by atoms with Gasteiger partial charge in [0.15, 0.2) is 5.75 Å². The predicted molar refractivity (Wildman–Crippen MR) is 87.4 cm³/mol. The highest BCUT2D eigenvalue weighted by Gasteiger charge is 2.06. The smallest absolute Gasteiger partial charge is 0.222 e. The molecule has 1 heterocycles. The molecule has 0 atom stereocenters. The van der Waals surface area contributed by atoms with E-state index in [-0.39, 0.29) is 5.95 Å². The molecule has 110 valence electrons. The number of aryl methyl sites for hydroxylation is 1. The van der Waals surface area contributed by atoms with Crippen molar-refractivity contribution >= 4 is 17.5 Å². The molecule has 22 heavy (non-hydrogen) atoms. The number of para-hydroxylation sites is 3. The van der Waals surface area contributed by atoms with Crippen LogP contribution in [-0.2, 0) is 0 Å². The highest BCUT2D eigenvalue weighted by atomic mass is 16.5. The van der Waals surface area contributed by atoms with E-state index in [4.69, 9.17) is 10.5 Å². The van der Waals surface area contributed by atoms with Gasteiger partial charge in [0.25, 0.3) is 0 Å². The van der Waals surface area contributed by atoms with Crippen LogP contribution >= 0.6 is 0 Å². The molecule has 5 heteroatoms. The van der Waals surface area contributed by atoms with Gasteiger partial charge in [0.1, 0.15) is 11.6 Å². The number of hydrogen-bond donors (Lipinski definition) is 2. The van der Waals surface area contributed by atoms with Crippen molar-refractivity contribution < 1.29 is 4.74 Å². The number of nitrogens with two attached hydrogens (primary N) is 1. The fourth-order valence-electron chi connectivity index (χ4n) is 2.07. The van der Waals surface area contributed by atoms with E-state index in [9.17, 15) is 0 Å². The van der Waals surface area contributed by atoms with Crippen molar-refractivity contribution in [3.8, 4) is 11.5 Å². The van der Waals surface area contributed by atoms with E-state index in [1.807, 2.05) is 67.6 Å². The lowest BCUT2D eigenvalue weighted by molar-refractivity contribution is 0.485. The number of nitrogens with zero attached hydrogens (tertiary/aromatic N) is 2. The van der Waals surface area contributed by atoms with E-state index in [2.05, 4.69) is 15.3 Å². The molecule has 0 aliphatic carbocycles. The molecule has 0 aliphatic rings. The fourth-order valence-corrected chi connectivity index (χ4v) is 2.07. The van der Waals surface area contributed by atoms with Gasteiger partial charge in [0, 0.05) is 11.8 Å². The Kier molecular flexibility index (Phi) is 3.87. The molecular weight excluding hydrogens is 276 g/mol. The normalized spacial score (nSPS) is 10.2. The van der Waals surface area contributed by atoms with Gasteiger partial charge in [0.2, 0.25) is 5.95 Å². The largest absolute Gasteiger partial charge is 0.455 e. The van der Waals surface area contributed by atoms with Gasteiger partial charge in [0.05, 0.1) is 5.69 Å². The lowest BCUT2D eigenvalue weighted by atomic mass is 10.2. The zero-order valence-corrected chi connectivity index (χ0v) is 12.2. The van der Waals surface area contributed by atoms with Crippen LogP contribution in [0.15, 0.2) is 60.7 Å². The molecule has 0 saturated carbocycles. The van der Waals surface area contributed by atoms with Crippen LogP contribution in [-0.4, -0.2) is 9.97 Å². The average molecular weight is 292 g/mol. The second-order valence-corrected chi connectivity index (χ2v) is 4.79. The van der Waals surface area contributed by atoms with Gasteiger partial charge in [-0.15, -0.1) is 0 Å². The summed E-state index contributed by atoms with van der Waals surface area (Å²) in [7, 11) is 0. The second kappa shape index (κ2) is 6.13. The molecule has 0 amide bonds. The Bertz CT molecular complexity index is 754. The van der Waals surface area contributed by atoms with Crippen molar-refractivity contribution in [1.82, 2.24) is 9.97 Å². The van der Waals surface area contributed by atoms with Crippen LogP contribution in [0, 0.1) is 6.92 Å². The molecule has 0 spiro atoms. The second-order valence-electron chi connectivity index (χ2n) is 4.79. The molecule has 3 N–H and O–H groups in total. The summed E-state index contributed by atoms with van der Waals surface area (Å²) in [5.41, 5.74) is 7.29. The van der Waals surface area contributed by atoms with Crippen molar-refractivity contribution in [3.05, 3.63) is 66.4 Å². The van der Waals surface area contributed by atoms with Gasteiger partial charge in [-0.05, 0) is 31.2 Å². The average Bonchev–Trinajstić information content (AvgIpc) is 2.49. The lowest BCUT2D eigenvalue weighted by Crippen LogP contribution is -2.02. The van der Waals surface area contributed by atoms with E-state index in [1.165, 1.54) is 0 Å². The predicted octanol–water partition coefficient (Wildman–Crippen LogP) is 3.90. The molecule has 3 rings (SSSR count). The zero-order chi connectivity index (χ0) is 15.4. The van der Waals surface area contributed by atoms with Crippen molar-refractivity contribution in [3.63, 3.8) is 0 Å². The van der Waals surface area contributed by atoms with Gasteiger partial charge in [-0.25, -0.2) is 4.98 Å². The van der Waals surface area contributed by atoms with E-state index < -0.39 is 0 Å². The quantitative estimate of drug-likeness (QED) is 0.763. The maximum Gasteiger partial charge on any atom is 0.222 e. The molecule has 5 nitrogen and oxygen atoms in total. The minimum absolute atomic E-state index is 0.240. The van der Waals surface area contributed by atoms with Gasteiger partial charge in [-0.2, -0.15) is 4.98 Å². The molecule has 0 bridgehead atoms. The molecule has 0 fully saturated rings. The topological polar surface area (TPSA) is 73.1 Å². The van der Waals surface area contributed by atoms with E-state index in [0.717, 1.165) is 17.1 Å². The first-order valence-corrected chi connectivity index (χ1v) is 6.91. The van der Waals surface area contributed by atoms with Crippen LogP contribution in [0.2, 0.25) is 0 Å². The van der Waals surface area contributed by atoms with Crippen LogP contribution in [0.3, 0.4) is 0 Å². The number of rotatable bonds is 4. The third-order valence-corrected chi connectivity index (χ3v) is 2.99. The molecule has 1 aromatic heterocycles. The molecule has 0 saturated heterocycles. The molecule has 0 radical (unpaired) electrons. The summed E-state index contributed by atoms with van der Waals surface area (Å²) in [6, 6.07) is 19.1. The van der Waals surface area contributed by atoms with Crippen molar-refractivity contribution in [1.29, 1.82) is 0 Å². The van der Waals surface area contributed by atoms with E-state index in [1.54, 1.807) is 0 Å². The lowest BCUT2D eigenvalue weighted by Gasteiger charge is -2.13. The number of nitrogen functional groups attached to an aromatic ring is 1. The summed E-state index contributed by atoms with van der Waals surface area (Å²) < 4.78 is 5.91. The van der Waals surface area contributed by atoms with E-state index in [0.29, 0.717) is 11.6 Å². The Morgan fingerprint density at radius 2 is 1.68 bits per heavy atom. The summed E-state index contributed by atoms with van der Waals surface area (Å²) in [5.74, 6) is 2.36. The van der Waals surface area contributed by atoms with Crippen LogP contribution in [0.25, 0.3) is 0 Å². The van der Waals surface area contributed by atoms with Gasteiger partial charge < -0.3 is 15.8 Å². The Hall–Kier alpha value is -3.08. The number of anilines is 3. The Balaban J connectivity index is 1.88. The van der Waals surface area contributed by atoms with Crippen molar-refractivity contribution in [2.75, 3.05) is 11.1 Å².